The Hall–Kier alpha value is -1.92. The zero-order valence-corrected chi connectivity index (χ0v) is 17.7. The Morgan fingerprint density at radius 1 is 0.893 bits per heavy atom. The molecule has 0 aliphatic heterocycles. The van der Waals surface area contributed by atoms with Crippen LogP contribution in [0.25, 0.3) is 0 Å². The summed E-state index contributed by atoms with van der Waals surface area (Å²) in [6.45, 7) is 3.43. The number of rotatable bonds is 17. The molecule has 162 valence electrons. The lowest BCUT2D eigenvalue weighted by atomic mass is 10.0. The summed E-state index contributed by atoms with van der Waals surface area (Å²) in [4.78, 5) is 33.5. The number of aliphatic hydroxyl groups is 1. The predicted octanol–water partition coefficient (Wildman–Crippen LogP) is 5.72. The highest BCUT2D eigenvalue weighted by Gasteiger charge is 2.26. The van der Waals surface area contributed by atoms with Gasteiger partial charge in [-0.25, -0.2) is 4.79 Å². The summed E-state index contributed by atoms with van der Waals surface area (Å²) in [5.41, 5.74) is -0.757. The van der Waals surface area contributed by atoms with E-state index in [0.29, 0.717) is 12.8 Å². The molecule has 0 aromatic carbocycles. The molecule has 1 atom stereocenters. The van der Waals surface area contributed by atoms with E-state index in [0.717, 1.165) is 26.4 Å². The van der Waals surface area contributed by atoms with Gasteiger partial charge in [-0.1, -0.05) is 77.6 Å². The number of aliphatic hydroxyl groups excluding tert-OH is 1. The average molecular weight is 400 g/mol. The maximum atomic E-state index is 11.5. The van der Waals surface area contributed by atoms with Crippen molar-refractivity contribution in [2.75, 3.05) is 7.11 Å². The Morgan fingerprint density at radius 3 is 1.75 bits per heavy atom. The third-order valence-corrected chi connectivity index (χ3v) is 4.65. The first-order chi connectivity index (χ1) is 13.5. The van der Waals surface area contributed by atoms with Crippen LogP contribution in [-0.2, 0) is 19.1 Å². The molecule has 0 bridgehead atoms. The molecule has 1 N–H and O–H groups in total. The van der Waals surface area contributed by atoms with Gasteiger partial charge in [-0.3, -0.25) is 4.79 Å². The van der Waals surface area contributed by atoms with E-state index in [1.54, 1.807) is 0 Å². The smallest absolute Gasteiger partial charge is 0.364 e. The number of carbonyl (C=O) groups excluding carboxylic acids is 2. The van der Waals surface area contributed by atoms with Gasteiger partial charge < -0.3 is 14.6 Å². The quantitative estimate of drug-likeness (QED) is 0.110. The zero-order valence-electron chi connectivity index (χ0n) is 17.7. The first kappa shape index (κ1) is 26.1. The van der Waals surface area contributed by atoms with Crippen LogP contribution in [0.2, 0.25) is 0 Å². The molecule has 0 amide bonds. The molecule has 0 aliphatic carbocycles. The van der Waals surface area contributed by atoms with Gasteiger partial charge in [0.05, 0.1) is 7.11 Å². The van der Waals surface area contributed by atoms with E-state index in [9.17, 15) is 19.6 Å². The van der Waals surface area contributed by atoms with Crippen molar-refractivity contribution in [3.8, 4) is 0 Å². The largest absolute Gasteiger partial charge is 0.506 e. The molecule has 0 rings (SSSR count). The van der Waals surface area contributed by atoms with Crippen LogP contribution >= 0.6 is 0 Å². The van der Waals surface area contributed by atoms with Gasteiger partial charge in [-0.15, -0.1) is 4.91 Å². The SMILES string of the molecule is CCCCCCCCCCCCCCC(OC(C)=O)C(O)=C(N=O)C(=O)OC. The maximum absolute atomic E-state index is 11.5. The van der Waals surface area contributed by atoms with E-state index in [2.05, 4.69) is 16.8 Å². The highest BCUT2D eigenvalue weighted by Crippen LogP contribution is 2.19. The van der Waals surface area contributed by atoms with E-state index in [1.807, 2.05) is 0 Å². The van der Waals surface area contributed by atoms with Crippen LogP contribution in [0.4, 0.5) is 0 Å². The number of nitrogens with zero attached hydrogens (tertiary/aromatic N) is 1. The number of methoxy groups -OCH3 is 1. The minimum Gasteiger partial charge on any atom is -0.506 e. The lowest BCUT2D eigenvalue weighted by molar-refractivity contribution is -0.147. The molecule has 7 nitrogen and oxygen atoms in total. The Kier molecular flexibility index (Phi) is 16.0. The summed E-state index contributed by atoms with van der Waals surface area (Å²) in [5.74, 6) is -2.31. The molecule has 1 unspecified atom stereocenters. The normalized spacial score (nSPS) is 12.8. The standard InChI is InChI=1S/C21H37NO6/c1-4-5-6-7-8-9-10-11-12-13-14-15-16-18(28-17(2)23)20(24)19(22-26)21(25)27-3/h18,24H,4-16H2,1-3H3. The second-order valence-electron chi connectivity index (χ2n) is 7.09. The highest BCUT2D eigenvalue weighted by atomic mass is 16.6. The molecule has 0 heterocycles. The Balaban J connectivity index is 4.14. The van der Waals surface area contributed by atoms with Gasteiger partial charge in [0.1, 0.15) is 0 Å². The van der Waals surface area contributed by atoms with Gasteiger partial charge in [0.2, 0.25) is 5.70 Å². The zero-order chi connectivity index (χ0) is 21.2. The predicted molar refractivity (Wildman–Crippen MR) is 109 cm³/mol. The number of hydrogen-bond donors (Lipinski definition) is 1. The number of esters is 2. The summed E-state index contributed by atoms with van der Waals surface area (Å²) < 4.78 is 9.44. The molecular formula is C21H37NO6. The number of nitroso groups, excluding NO2 is 1. The van der Waals surface area contributed by atoms with Crippen molar-refractivity contribution >= 4 is 11.9 Å². The summed E-state index contributed by atoms with van der Waals surface area (Å²) in [6, 6.07) is 0. The van der Waals surface area contributed by atoms with Crippen LogP contribution in [-0.4, -0.2) is 30.3 Å². The van der Waals surface area contributed by atoms with Gasteiger partial charge in [0.15, 0.2) is 11.9 Å². The minimum atomic E-state index is -1.06. The van der Waals surface area contributed by atoms with Crippen LogP contribution < -0.4 is 0 Å². The van der Waals surface area contributed by atoms with Gasteiger partial charge in [-0.05, 0) is 18.0 Å². The van der Waals surface area contributed by atoms with Crippen LogP contribution in [0.15, 0.2) is 16.6 Å². The molecule has 7 heteroatoms. The van der Waals surface area contributed by atoms with Crippen molar-refractivity contribution in [1.82, 2.24) is 0 Å². The minimum absolute atomic E-state index is 0.318. The van der Waals surface area contributed by atoms with Crippen molar-refractivity contribution < 1.29 is 24.2 Å². The van der Waals surface area contributed by atoms with E-state index in [4.69, 9.17) is 4.74 Å². The molecule has 0 aromatic rings. The van der Waals surface area contributed by atoms with Crippen molar-refractivity contribution in [1.29, 1.82) is 0 Å². The average Bonchev–Trinajstić information content (AvgIpc) is 2.67. The van der Waals surface area contributed by atoms with Gasteiger partial charge in [-0.2, -0.15) is 0 Å². The second-order valence-corrected chi connectivity index (χ2v) is 7.09. The molecule has 0 fully saturated rings. The highest BCUT2D eigenvalue weighted by molar-refractivity contribution is 5.88. The van der Waals surface area contributed by atoms with Crippen molar-refractivity contribution in [3.05, 3.63) is 16.4 Å². The summed E-state index contributed by atoms with van der Waals surface area (Å²) in [5, 5.41) is 12.6. The van der Waals surface area contributed by atoms with Crippen molar-refractivity contribution in [2.24, 2.45) is 5.18 Å². The van der Waals surface area contributed by atoms with Crippen LogP contribution in [0.3, 0.4) is 0 Å². The van der Waals surface area contributed by atoms with E-state index in [-0.39, 0.29) is 0 Å². The summed E-state index contributed by atoms with van der Waals surface area (Å²) >= 11 is 0. The number of hydrogen-bond acceptors (Lipinski definition) is 7. The molecule has 0 radical (unpaired) electrons. The third kappa shape index (κ3) is 12.5. The number of carbonyl (C=O) groups is 2. The van der Waals surface area contributed by atoms with E-state index in [1.165, 1.54) is 58.3 Å². The molecule has 0 aliphatic rings. The van der Waals surface area contributed by atoms with Gasteiger partial charge in [0, 0.05) is 6.92 Å². The Bertz CT molecular complexity index is 489. The fraction of sp³-hybridized carbons (Fsp3) is 0.810. The van der Waals surface area contributed by atoms with Crippen LogP contribution in [0.1, 0.15) is 97.3 Å². The third-order valence-electron chi connectivity index (χ3n) is 4.65. The number of ether oxygens (including phenoxy) is 2. The molecule has 28 heavy (non-hydrogen) atoms. The topological polar surface area (TPSA) is 102 Å². The van der Waals surface area contributed by atoms with Crippen molar-refractivity contribution in [2.45, 2.75) is 103 Å². The van der Waals surface area contributed by atoms with Gasteiger partial charge >= 0.3 is 11.9 Å². The monoisotopic (exact) mass is 399 g/mol. The van der Waals surface area contributed by atoms with E-state index < -0.39 is 29.5 Å². The van der Waals surface area contributed by atoms with Crippen LogP contribution in [0.5, 0.6) is 0 Å². The number of unbranched alkanes of at least 4 members (excludes halogenated alkanes) is 11. The van der Waals surface area contributed by atoms with E-state index >= 15 is 0 Å². The lowest BCUT2D eigenvalue weighted by Crippen LogP contribution is -2.22. The molecule has 0 spiro atoms. The Morgan fingerprint density at radius 2 is 1.36 bits per heavy atom. The summed E-state index contributed by atoms with van der Waals surface area (Å²) in [6.07, 6.45) is 13.5. The molecular weight excluding hydrogens is 362 g/mol. The van der Waals surface area contributed by atoms with Crippen LogP contribution in [0, 0.1) is 4.91 Å². The van der Waals surface area contributed by atoms with Crippen molar-refractivity contribution in [3.63, 3.8) is 0 Å². The summed E-state index contributed by atoms with van der Waals surface area (Å²) in [7, 11) is 1.08. The molecule has 0 aromatic heterocycles. The maximum Gasteiger partial charge on any atom is 0.364 e. The van der Waals surface area contributed by atoms with Gasteiger partial charge in [0.25, 0.3) is 0 Å². The lowest BCUT2D eigenvalue weighted by Gasteiger charge is -2.17. The first-order valence-electron chi connectivity index (χ1n) is 10.5. The Labute approximate surface area is 168 Å². The fourth-order valence-corrected chi connectivity index (χ4v) is 3.06. The second kappa shape index (κ2) is 17.2. The molecule has 0 saturated heterocycles. The first-order valence-corrected chi connectivity index (χ1v) is 10.5. The fourth-order valence-electron chi connectivity index (χ4n) is 3.06. The molecule has 0 saturated carbocycles.